The number of aliphatic hydroxyl groups excluding tert-OH is 1. The Labute approximate surface area is 134 Å². The molecule has 0 radical (unpaired) electrons. The molecule has 0 saturated heterocycles. The summed E-state index contributed by atoms with van der Waals surface area (Å²) in [6.45, 7) is 0. The van der Waals surface area contributed by atoms with Crippen molar-refractivity contribution in [1.82, 2.24) is 0 Å². The smallest absolute Gasteiger partial charge is 0.138 e. The fourth-order valence-electron chi connectivity index (χ4n) is 2.02. The summed E-state index contributed by atoms with van der Waals surface area (Å²) in [5, 5.41) is 12.5. The number of aliphatic hydroxyl groups is 1. The van der Waals surface area contributed by atoms with Gasteiger partial charge in [0.2, 0.25) is 0 Å². The summed E-state index contributed by atoms with van der Waals surface area (Å²) >= 11 is 15.2. The van der Waals surface area contributed by atoms with Gasteiger partial charge in [0.05, 0.1) is 5.02 Å². The molecule has 0 aliphatic rings. The van der Waals surface area contributed by atoms with Crippen LogP contribution in [0, 0.1) is 0 Å². The van der Waals surface area contributed by atoms with E-state index < -0.39 is 6.10 Å². The lowest BCUT2D eigenvalue weighted by Crippen LogP contribution is -1.97. The molecule has 1 unspecified atom stereocenters. The largest absolute Gasteiger partial charge is 0.458 e. The van der Waals surface area contributed by atoms with Gasteiger partial charge in [0.1, 0.15) is 17.4 Å². The molecule has 1 heterocycles. The Morgan fingerprint density at radius 1 is 1.05 bits per heavy atom. The SMILES string of the molecule is OC(c1ccc(Cl)c(Br)c1)c1cc2cc(Cl)ccc2o1. The summed E-state index contributed by atoms with van der Waals surface area (Å²) in [6.07, 6.45) is -0.852. The minimum absolute atomic E-state index is 0.469. The minimum Gasteiger partial charge on any atom is -0.458 e. The van der Waals surface area contributed by atoms with Crippen LogP contribution < -0.4 is 0 Å². The Morgan fingerprint density at radius 3 is 2.60 bits per heavy atom. The monoisotopic (exact) mass is 370 g/mol. The second-order valence-electron chi connectivity index (χ2n) is 4.41. The van der Waals surface area contributed by atoms with E-state index in [1.807, 2.05) is 0 Å². The van der Waals surface area contributed by atoms with E-state index in [4.69, 9.17) is 27.6 Å². The molecule has 20 heavy (non-hydrogen) atoms. The van der Waals surface area contributed by atoms with Crippen LogP contribution in [0.15, 0.2) is 51.4 Å². The molecule has 0 aliphatic carbocycles. The molecular formula is C15H9BrCl2O2. The zero-order valence-electron chi connectivity index (χ0n) is 10.1. The van der Waals surface area contributed by atoms with E-state index in [-0.39, 0.29) is 0 Å². The first-order valence-corrected chi connectivity index (χ1v) is 7.41. The van der Waals surface area contributed by atoms with E-state index in [1.54, 1.807) is 42.5 Å². The molecule has 1 aromatic heterocycles. The molecule has 0 saturated carbocycles. The quantitative estimate of drug-likeness (QED) is 0.637. The van der Waals surface area contributed by atoms with Crippen molar-refractivity contribution in [3.05, 3.63) is 68.3 Å². The van der Waals surface area contributed by atoms with Gasteiger partial charge in [-0.1, -0.05) is 29.3 Å². The van der Waals surface area contributed by atoms with Crippen molar-refractivity contribution in [3.63, 3.8) is 0 Å². The maximum atomic E-state index is 10.4. The third kappa shape index (κ3) is 2.59. The molecule has 3 aromatic rings. The number of furan rings is 1. The van der Waals surface area contributed by atoms with Crippen LogP contribution in [0.25, 0.3) is 11.0 Å². The summed E-state index contributed by atoms with van der Waals surface area (Å²) in [7, 11) is 0. The average molecular weight is 372 g/mol. The van der Waals surface area contributed by atoms with E-state index in [9.17, 15) is 5.11 Å². The summed E-state index contributed by atoms with van der Waals surface area (Å²) in [5.74, 6) is 0.469. The topological polar surface area (TPSA) is 33.4 Å². The van der Waals surface area contributed by atoms with E-state index in [0.29, 0.717) is 27.0 Å². The molecular weight excluding hydrogens is 363 g/mol. The summed E-state index contributed by atoms with van der Waals surface area (Å²) in [4.78, 5) is 0. The summed E-state index contributed by atoms with van der Waals surface area (Å²) < 4.78 is 6.38. The van der Waals surface area contributed by atoms with Gasteiger partial charge in [0.25, 0.3) is 0 Å². The molecule has 1 atom stereocenters. The number of fused-ring (bicyclic) bond motifs is 1. The number of benzene rings is 2. The van der Waals surface area contributed by atoms with Crippen LogP contribution in [0.3, 0.4) is 0 Å². The normalized spacial score (nSPS) is 12.8. The average Bonchev–Trinajstić information content (AvgIpc) is 2.84. The molecule has 2 aromatic carbocycles. The van der Waals surface area contributed by atoms with Gasteiger partial charge in [0, 0.05) is 14.9 Å². The number of rotatable bonds is 2. The van der Waals surface area contributed by atoms with E-state index in [2.05, 4.69) is 15.9 Å². The van der Waals surface area contributed by atoms with Gasteiger partial charge in [0.15, 0.2) is 0 Å². The first-order valence-electron chi connectivity index (χ1n) is 5.86. The maximum Gasteiger partial charge on any atom is 0.138 e. The third-order valence-corrected chi connectivity index (χ3v) is 4.48. The molecule has 0 aliphatic heterocycles. The molecule has 0 spiro atoms. The molecule has 1 N–H and O–H groups in total. The predicted octanol–water partition coefficient (Wildman–Crippen LogP) is 5.58. The second kappa shape index (κ2) is 5.41. The number of hydrogen-bond donors (Lipinski definition) is 1. The van der Waals surface area contributed by atoms with Crippen LogP contribution in [-0.4, -0.2) is 5.11 Å². The molecule has 2 nitrogen and oxygen atoms in total. The zero-order valence-corrected chi connectivity index (χ0v) is 13.2. The maximum absolute atomic E-state index is 10.4. The van der Waals surface area contributed by atoms with Gasteiger partial charge < -0.3 is 9.52 Å². The van der Waals surface area contributed by atoms with Crippen molar-refractivity contribution in [2.24, 2.45) is 0 Å². The van der Waals surface area contributed by atoms with E-state index >= 15 is 0 Å². The lowest BCUT2D eigenvalue weighted by Gasteiger charge is -2.09. The van der Waals surface area contributed by atoms with Crippen LogP contribution in [0.2, 0.25) is 10.0 Å². The third-order valence-electron chi connectivity index (χ3n) is 3.03. The first kappa shape index (κ1) is 14.0. The van der Waals surface area contributed by atoms with Gasteiger partial charge in [-0.2, -0.15) is 0 Å². The fraction of sp³-hybridized carbons (Fsp3) is 0.0667. The van der Waals surface area contributed by atoms with E-state index in [1.165, 1.54) is 0 Å². The number of halogens is 3. The van der Waals surface area contributed by atoms with Crippen LogP contribution in [-0.2, 0) is 0 Å². The van der Waals surface area contributed by atoms with Crippen molar-refractivity contribution >= 4 is 50.1 Å². The summed E-state index contributed by atoms with van der Waals surface area (Å²) in [5.41, 5.74) is 1.39. The van der Waals surface area contributed by atoms with Crippen LogP contribution >= 0.6 is 39.1 Å². The molecule has 3 rings (SSSR count). The summed E-state index contributed by atoms with van der Waals surface area (Å²) in [6, 6.07) is 12.4. The molecule has 5 heteroatoms. The van der Waals surface area contributed by atoms with Crippen molar-refractivity contribution in [1.29, 1.82) is 0 Å². The highest BCUT2D eigenvalue weighted by Crippen LogP contribution is 2.32. The highest BCUT2D eigenvalue weighted by molar-refractivity contribution is 9.10. The van der Waals surface area contributed by atoms with Crippen molar-refractivity contribution in [2.75, 3.05) is 0 Å². The zero-order chi connectivity index (χ0) is 14.3. The van der Waals surface area contributed by atoms with Gasteiger partial charge in [-0.15, -0.1) is 0 Å². The van der Waals surface area contributed by atoms with Crippen LogP contribution in [0.1, 0.15) is 17.4 Å². The lowest BCUT2D eigenvalue weighted by molar-refractivity contribution is 0.192. The first-order chi connectivity index (χ1) is 9.54. The Hall–Kier alpha value is -1.00. The Bertz CT molecular complexity index is 783. The molecule has 0 fully saturated rings. The predicted molar refractivity (Wildman–Crippen MR) is 84.4 cm³/mol. The second-order valence-corrected chi connectivity index (χ2v) is 6.10. The van der Waals surface area contributed by atoms with Crippen LogP contribution in [0.5, 0.6) is 0 Å². The fourth-order valence-corrected chi connectivity index (χ4v) is 2.71. The van der Waals surface area contributed by atoms with Gasteiger partial charge in [-0.05, 0) is 57.9 Å². The van der Waals surface area contributed by atoms with E-state index in [0.717, 1.165) is 9.86 Å². The lowest BCUT2D eigenvalue weighted by atomic mass is 10.1. The van der Waals surface area contributed by atoms with Gasteiger partial charge in [-0.3, -0.25) is 0 Å². The standard InChI is InChI=1S/C15H9BrCl2O2/c16-11-6-8(1-3-12(11)18)15(19)14-7-9-5-10(17)2-4-13(9)20-14/h1-7,15,19H. The van der Waals surface area contributed by atoms with Gasteiger partial charge >= 0.3 is 0 Å². The Morgan fingerprint density at radius 2 is 1.85 bits per heavy atom. The van der Waals surface area contributed by atoms with Crippen molar-refractivity contribution < 1.29 is 9.52 Å². The molecule has 102 valence electrons. The highest BCUT2D eigenvalue weighted by Gasteiger charge is 2.16. The van der Waals surface area contributed by atoms with Crippen LogP contribution in [0.4, 0.5) is 0 Å². The van der Waals surface area contributed by atoms with Crippen molar-refractivity contribution in [3.8, 4) is 0 Å². The number of hydrogen-bond acceptors (Lipinski definition) is 2. The molecule has 0 bridgehead atoms. The van der Waals surface area contributed by atoms with Crippen molar-refractivity contribution in [2.45, 2.75) is 6.10 Å². The minimum atomic E-state index is -0.852. The Balaban J connectivity index is 2.02. The van der Waals surface area contributed by atoms with Gasteiger partial charge in [-0.25, -0.2) is 0 Å². The highest BCUT2D eigenvalue weighted by atomic mass is 79.9. The molecule has 0 amide bonds. The Kier molecular flexibility index (Phi) is 3.78.